The average Bonchev–Trinajstić information content (AvgIpc) is 2.49. The van der Waals surface area contributed by atoms with Crippen molar-refractivity contribution in [2.24, 2.45) is 5.73 Å². The number of hydrogen-bond acceptors (Lipinski definition) is 4. The molecule has 0 aliphatic carbocycles. The maximum absolute atomic E-state index is 9.41. The Balaban J connectivity index is 2.26. The molecule has 0 fully saturated rings. The van der Waals surface area contributed by atoms with Crippen molar-refractivity contribution < 1.29 is 5.11 Å². The van der Waals surface area contributed by atoms with Gasteiger partial charge in [-0.1, -0.05) is 0 Å². The van der Waals surface area contributed by atoms with Gasteiger partial charge in [-0.3, -0.25) is 0 Å². The first-order valence-corrected chi connectivity index (χ1v) is 6.58. The lowest BCUT2D eigenvalue weighted by atomic mass is 10.3. The monoisotopic (exact) mass is 281 g/mol. The van der Waals surface area contributed by atoms with Gasteiger partial charge in [-0.25, -0.2) is 0 Å². The number of thioether (sulfide) groups is 1. The predicted octanol–water partition coefficient (Wildman–Crippen LogP) is 2.31. The van der Waals surface area contributed by atoms with E-state index in [0.717, 1.165) is 9.54 Å². The van der Waals surface area contributed by atoms with Gasteiger partial charge in [0, 0.05) is 5.75 Å². The molecule has 1 atom stereocenters. The zero-order valence-electron chi connectivity index (χ0n) is 7.07. The summed E-state index contributed by atoms with van der Waals surface area (Å²) in [6.45, 7) is 0.551. The minimum Gasteiger partial charge on any atom is -0.392 e. The zero-order chi connectivity index (χ0) is 9.68. The molecule has 5 heteroatoms. The molecule has 0 saturated carbocycles. The van der Waals surface area contributed by atoms with Crippen molar-refractivity contribution in [3.8, 4) is 0 Å². The van der Waals surface area contributed by atoms with E-state index >= 15 is 0 Å². The Kier molecular flexibility index (Phi) is 5.35. The smallest absolute Gasteiger partial charge is 0.0710 e. The summed E-state index contributed by atoms with van der Waals surface area (Å²) in [7, 11) is 0. The van der Waals surface area contributed by atoms with Gasteiger partial charge in [0.15, 0.2) is 0 Å². The normalized spacial score (nSPS) is 13.2. The first-order valence-electron chi connectivity index (χ1n) is 3.98. The summed E-state index contributed by atoms with van der Waals surface area (Å²) >= 11 is 6.75. The van der Waals surface area contributed by atoms with E-state index in [-0.39, 0.29) is 6.10 Å². The van der Waals surface area contributed by atoms with Crippen LogP contribution in [0.15, 0.2) is 20.1 Å². The molecule has 0 amide bonds. The van der Waals surface area contributed by atoms with E-state index in [0.29, 0.717) is 13.0 Å². The van der Waals surface area contributed by atoms with Crippen molar-refractivity contribution in [2.75, 3.05) is 12.3 Å². The molecule has 0 aliphatic rings. The topological polar surface area (TPSA) is 46.2 Å². The van der Waals surface area contributed by atoms with Crippen LogP contribution < -0.4 is 5.73 Å². The molecule has 0 aromatic carbocycles. The summed E-state index contributed by atoms with van der Waals surface area (Å²) in [6.07, 6.45) is 0.399. The van der Waals surface area contributed by atoms with Gasteiger partial charge < -0.3 is 10.8 Å². The van der Waals surface area contributed by atoms with E-state index in [1.165, 1.54) is 4.21 Å². The summed E-state index contributed by atoms with van der Waals surface area (Å²) in [4.78, 5) is 0. The van der Waals surface area contributed by atoms with Crippen molar-refractivity contribution in [1.82, 2.24) is 0 Å². The third-order valence-corrected chi connectivity index (χ3v) is 4.46. The van der Waals surface area contributed by atoms with Crippen LogP contribution >= 0.6 is 39.0 Å². The number of aliphatic hydroxyl groups is 1. The summed E-state index contributed by atoms with van der Waals surface area (Å²) < 4.78 is 2.35. The Morgan fingerprint density at radius 1 is 1.62 bits per heavy atom. The van der Waals surface area contributed by atoms with Crippen molar-refractivity contribution in [1.29, 1.82) is 0 Å². The Hall–Kier alpha value is 0.450. The predicted molar refractivity (Wildman–Crippen MR) is 62.4 cm³/mol. The molecule has 0 aliphatic heterocycles. The fourth-order valence-electron chi connectivity index (χ4n) is 0.829. The molecule has 1 unspecified atom stereocenters. The highest BCUT2D eigenvalue weighted by atomic mass is 79.9. The molecule has 74 valence electrons. The quantitative estimate of drug-likeness (QED) is 0.815. The molecular weight excluding hydrogens is 270 g/mol. The maximum Gasteiger partial charge on any atom is 0.0710 e. The molecule has 1 heterocycles. The number of rotatable bonds is 5. The van der Waals surface area contributed by atoms with Crippen LogP contribution in [0.2, 0.25) is 0 Å². The second-order valence-electron chi connectivity index (χ2n) is 2.60. The van der Waals surface area contributed by atoms with E-state index in [4.69, 9.17) is 5.73 Å². The second-order valence-corrected chi connectivity index (χ2v) is 6.38. The van der Waals surface area contributed by atoms with Crippen molar-refractivity contribution >= 4 is 39.0 Å². The molecule has 1 rings (SSSR count). The number of nitrogens with two attached hydrogens (primary N) is 1. The lowest BCUT2D eigenvalue weighted by Crippen LogP contribution is -2.15. The minimum atomic E-state index is -0.282. The van der Waals surface area contributed by atoms with Gasteiger partial charge in [-0.2, -0.15) is 0 Å². The van der Waals surface area contributed by atoms with Crippen molar-refractivity contribution in [3.05, 3.63) is 15.9 Å². The number of aliphatic hydroxyl groups excluding tert-OH is 1. The van der Waals surface area contributed by atoms with Crippen LogP contribution in [0.4, 0.5) is 0 Å². The summed E-state index contributed by atoms with van der Waals surface area (Å²) in [5.41, 5.74) is 5.33. The lowest BCUT2D eigenvalue weighted by molar-refractivity contribution is 0.192. The highest BCUT2D eigenvalue weighted by Gasteiger charge is 2.04. The van der Waals surface area contributed by atoms with Gasteiger partial charge in [0.05, 0.1) is 14.1 Å². The SMILES string of the molecule is NCCC(O)CSc1ccc(Br)s1. The highest BCUT2D eigenvalue weighted by Crippen LogP contribution is 2.30. The second kappa shape index (κ2) is 6.03. The van der Waals surface area contributed by atoms with E-state index in [9.17, 15) is 5.11 Å². The van der Waals surface area contributed by atoms with Crippen molar-refractivity contribution in [3.63, 3.8) is 0 Å². The van der Waals surface area contributed by atoms with E-state index < -0.39 is 0 Å². The fraction of sp³-hybridized carbons (Fsp3) is 0.500. The third kappa shape index (κ3) is 4.46. The Morgan fingerprint density at radius 3 is 2.92 bits per heavy atom. The van der Waals surface area contributed by atoms with E-state index in [1.54, 1.807) is 23.1 Å². The lowest BCUT2D eigenvalue weighted by Gasteiger charge is -2.06. The van der Waals surface area contributed by atoms with Gasteiger partial charge >= 0.3 is 0 Å². The molecule has 1 aromatic heterocycles. The van der Waals surface area contributed by atoms with E-state index in [1.807, 2.05) is 6.07 Å². The van der Waals surface area contributed by atoms with Crippen LogP contribution in [0.3, 0.4) is 0 Å². The standard InChI is InChI=1S/C8H12BrNOS2/c9-7-1-2-8(13-7)12-5-6(11)3-4-10/h1-2,6,11H,3-5,10H2. The average molecular weight is 282 g/mol. The number of thiophene rings is 1. The summed E-state index contributed by atoms with van der Waals surface area (Å²) in [5, 5.41) is 9.41. The van der Waals surface area contributed by atoms with Gasteiger partial charge in [0.1, 0.15) is 0 Å². The van der Waals surface area contributed by atoms with Gasteiger partial charge in [0.25, 0.3) is 0 Å². The molecule has 0 radical (unpaired) electrons. The van der Waals surface area contributed by atoms with Crippen LogP contribution in [0.1, 0.15) is 6.42 Å². The zero-order valence-corrected chi connectivity index (χ0v) is 10.3. The van der Waals surface area contributed by atoms with Crippen LogP contribution in [0, 0.1) is 0 Å². The largest absolute Gasteiger partial charge is 0.392 e. The van der Waals surface area contributed by atoms with Gasteiger partial charge in [-0.15, -0.1) is 23.1 Å². The highest BCUT2D eigenvalue weighted by molar-refractivity contribution is 9.11. The number of hydrogen-bond donors (Lipinski definition) is 2. The molecule has 2 nitrogen and oxygen atoms in total. The van der Waals surface area contributed by atoms with Crippen molar-refractivity contribution in [2.45, 2.75) is 16.7 Å². The Labute approximate surface area is 94.7 Å². The molecule has 3 N–H and O–H groups in total. The molecule has 0 bridgehead atoms. The fourth-order valence-corrected chi connectivity index (χ4v) is 3.67. The summed E-state index contributed by atoms with van der Waals surface area (Å²) in [6, 6.07) is 4.07. The first kappa shape index (κ1) is 11.5. The molecule has 1 aromatic rings. The molecule has 13 heavy (non-hydrogen) atoms. The molecule has 0 saturated heterocycles. The maximum atomic E-state index is 9.41. The van der Waals surface area contributed by atoms with Crippen LogP contribution in [-0.2, 0) is 0 Å². The summed E-state index contributed by atoms with van der Waals surface area (Å²) in [5.74, 6) is 0.726. The number of halogens is 1. The minimum absolute atomic E-state index is 0.282. The third-order valence-electron chi connectivity index (χ3n) is 1.47. The Morgan fingerprint density at radius 2 is 2.38 bits per heavy atom. The van der Waals surface area contributed by atoms with Gasteiger partial charge in [0.2, 0.25) is 0 Å². The molecular formula is C8H12BrNOS2. The van der Waals surface area contributed by atoms with E-state index in [2.05, 4.69) is 22.0 Å². The van der Waals surface area contributed by atoms with Crippen LogP contribution in [0.25, 0.3) is 0 Å². The van der Waals surface area contributed by atoms with Crippen LogP contribution in [-0.4, -0.2) is 23.5 Å². The molecule has 0 spiro atoms. The Bertz CT molecular complexity index is 254. The van der Waals surface area contributed by atoms with Gasteiger partial charge in [-0.05, 0) is 41.0 Å². The first-order chi connectivity index (χ1) is 6.22. The van der Waals surface area contributed by atoms with Crippen LogP contribution in [0.5, 0.6) is 0 Å².